The van der Waals surface area contributed by atoms with Crippen LogP contribution >= 0.6 is 46.0 Å². The van der Waals surface area contributed by atoms with Crippen LogP contribution in [0.1, 0.15) is 0 Å². The van der Waals surface area contributed by atoms with Gasteiger partial charge in [-0.1, -0.05) is 24.4 Å². The topological polar surface area (TPSA) is 6.48 Å². The molecule has 0 aromatic carbocycles. The summed E-state index contributed by atoms with van der Waals surface area (Å²) in [6.07, 6.45) is 0. The van der Waals surface area contributed by atoms with Crippen LogP contribution < -0.4 is 0 Å². The molecule has 0 spiro atoms. The van der Waals surface area contributed by atoms with Gasteiger partial charge in [-0.25, -0.2) is 0 Å². The second-order valence-corrected chi connectivity index (χ2v) is 5.88. The van der Waals surface area contributed by atoms with Crippen LogP contribution in [0.2, 0.25) is 0 Å². The normalized spacial score (nSPS) is 8.62. The SMILES string of the molecule is CN(C)C(=S)SSC(=S)N(C)C.[Zn+2]. The van der Waals surface area contributed by atoms with Gasteiger partial charge >= 0.3 is 19.5 Å². The van der Waals surface area contributed by atoms with Gasteiger partial charge in [-0.05, 0) is 21.6 Å². The van der Waals surface area contributed by atoms with Crippen LogP contribution in [-0.2, 0) is 19.5 Å². The molecule has 0 aromatic heterocycles. The van der Waals surface area contributed by atoms with Crippen LogP contribution in [0.25, 0.3) is 0 Å². The molecular formula is C6H12N2S4Zn+2. The maximum Gasteiger partial charge on any atom is 2.00 e. The van der Waals surface area contributed by atoms with E-state index in [1.165, 1.54) is 21.6 Å². The Labute approximate surface area is 111 Å². The number of thiocarbonyl (C=S) groups is 2. The zero-order valence-corrected chi connectivity index (χ0v) is 14.5. The van der Waals surface area contributed by atoms with E-state index in [9.17, 15) is 0 Å². The third-order valence-corrected chi connectivity index (χ3v) is 5.07. The Morgan fingerprint density at radius 3 is 1.23 bits per heavy atom. The molecule has 0 aliphatic rings. The van der Waals surface area contributed by atoms with Crippen molar-refractivity contribution in [2.24, 2.45) is 0 Å². The third kappa shape index (κ3) is 8.12. The molecule has 0 aliphatic carbocycles. The van der Waals surface area contributed by atoms with E-state index in [2.05, 4.69) is 0 Å². The zero-order chi connectivity index (χ0) is 9.72. The first-order valence-electron chi connectivity index (χ1n) is 3.22. The summed E-state index contributed by atoms with van der Waals surface area (Å²) < 4.78 is 1.67. The molecule has 0 saturated carbocycles. The van der Waals surface area contributed by atoms with Crippen molar-refractivity contribution in [1.82, 2.24) is 9.80 Å². The predicted octanol–water partition coefficient (Wildman–Crippen LogP) is 2.06. The maximum atomic E-state index is 5.07. The average molecular weight is 306 g/mol. The Bertz CT molecular complexity index is 163. The van der Waals surface area contributed by atoms with Gasteiger partial charge in [-0.15, -0.1) is 0 Å². The van der Waals surface area contributed by atoms with Crippen molar-refractivity contribution in [3.05, 3.63) is 0 Å². The van der Waals surface area contributed by atoms with Crippen LogP contribution in [0, 0.1) is 0 Å². The van der Waals surface area contributed by atoms with Crippen LogP contribution in [0.3, 0.4) is 0 Å². The van der Waals surface area contributed by atoms with Crippen LogP contribution in [0.15, 0.2) is 0 Å². The molecule has 0 bridgehead atoms. The van der Waals surface area contributed by atoms with E-state index in [0.717, 1.165) is 8.64 Å². The molecule has 0 atom stereocenters. The van der Waals surface area contributed by atoms with Gasteiger partial charge in [0.15, 0.2) is 0 Å². The van der Waals surface area contributed by atoms with Crippen molar-refractivity contribution in [2.75, 3.05) is 28.2 Å². The molecule has 7 heteroatoms. The summed E-state index contributed by atoms with van der Waals surface area (Å²) in [7, 11) is 10.7. The van der Waals surface area contributed by atoms with Gasteiger partial charge in [0.2, 0.25) is 0 Å². The van der Waals surface area contributed by atoms with Gasteiger partial charge in [0.25, 0.3) is 0 Å². The summed E-state index contributed by atoms with van der Waals surface area (Å²) >= 11 is 10.1. The van der Waals surface area contributed by atoms with Gasteiger partial charge in [0, 0.05) is 28.2 Å². The van der Waals surface area contributed by atoms with E-state index in [1.54, 1.807) is 0 Å². The number of nitrogens with zero attached hydrogens (tertiary/aromatic N) is 2. The molecule has 0 aromatic rings. The summed E-state index contributed by atoms with van der Waals surface area (Å²) in [6.45, 7) is 0. The fraction of sp³-hybridized carbons (Fsp3) is 0.667. The molecule has 13 heavy (non-hydrogen) atoms. The molecule has 2 nitrogen and oxygen atoms in total. The Balaban J connectivity index is 0. The van der Waals surface area contributed by atoms with E-state index in [4.69, 9.17) is 24.4 Å². The molecule has 0 radical (unpaired) electrons. The monoisotopic (exact) mass is 304 g/mol. The fourth-order valence-corrected chi connectivity index (χ4v) is 2.60. The summed E-state index contributed by atoms with van der Waals surface area (Å²) in [5, 5.41) is 0. The van der Waals surface area contributed by atoms with Crippen molar-refractivity contribution in [3.63, 3.8) is 0 Å². The van der Waals surface area contributed by atoms with Gasteiger partial charge in [-0.3, -0.25) is 0 Å². The smallest absolute Gasteiger partial charge is 0.363 e. The number of hydrogen-bond acceptors (Lipinski definition) is 4. The molecule has 0 amide bonds. The van der Waals surface area contributed by atoms with E-state index < -0.39 is 0 Å². The van der Waals surface area contributed by atoms with Crippen LogP contribution in [0.4, 0.5) is 0 Å². The first-order chi connectivity index (χ1) is 5.45. The molecule has 0 unspecified atom stereocenters. The minimum absolute atomic E-state index is 0. The molecule has 70 valence electrons. The van der Waals surface area contributed by atoms with Crippen LogP contribution in [0.5, 0.6) is 0 Å². The first-order valence-corrected chi connectivity index (χ1v) is 6.19. The molecule has 0 rings (SSSR count). The Kier molecular flexibility index (Phi) is 10.7. The molecule has 0 saturated heterocycles. The Morgan fingerprint density at radius 2 is 1.08 bits per heavy atom. The largest absolute Gasteiger partial charge is 2.00 e. The quantitative estimate of drug-likeness (QED) is 0.381. The van der Waals surface area contributed by atoms with Gasteiger partial charge in [0.05, 0.1) is 0 Å². The van der Waals surface area contributed by atoms with Crippen molar-refractivity contribution in [3.8, 4) is 0 Å². The molecule has 0 heterocycles. The molecule has 0 fully saturated rings. The van der Waals surface area contributed by atoms with Gasteiger partial charge in [-0.2, -0.15) is 0 Å². The van der Waals surface area contributed by atoms with Crippen LogP contribution in [-0.4, -0.2) is 46.6 Å². The maximum absolute atomic E-state index is 5.07. The minimum Gasteiger partial charge on any atom is -0.363 e. The zero-order valence-electron chi connectivity index (χ0n) is 8.23. The molecule has 0 N–H and O–H groups in total. The predicted molar refractivity (Wildman–Crippen MR) is 67.8 cm³/mol. The second kappa shape index (κ2) is 8.41. The summed E-state index contributed by atoms with van der Waals surface area (Å²) in [5.74, 6) is 0. The van der Waals surface area contributed by atoms with Gasteiger partial charge in [0.1, 0.15) is 8.64 Å². The van der Waals surface area contributed by atoms with Crippen molar-refractivity contribution in [1.29, 1.82) is 0 Å². The van der Waals surface area contributed by atoms with Crippen molar-refractivity contribution < 1.29 is 19.5 Å². The minimum atomic E-state index is 0. The standard InChI is InChI=1S/C6H12N2S4.Zn/c1-7(2)5(9)11-12-6(10)8(3)4;/h1-4H3;/q;+2. The first kappa shape index (κ1) is 16.5. The van der Waals surface area contributed by atoms with E-state index in [1.807, 2.05) is 38.0 Å². The molecule has 0 aliphatic heterocycles. The second-order valence-electron chi connectivity index (χ2n) is 2.49. The van der Waals surface area contributed by atoms with E-state index in [0.29, 0.717) is 0 Å². The summed E-state index contributed by atoms with van der Waals surface area (Å²) in [5.41, 5.74) is 0. The average Bonchev–Trinajstić information content (AvgIpc) is 1.98. The Morgan fingerprint density at radius 1 is 0.846 bits per heavy atom. The molecular weight excluding hydrogens is 294 g/mol. The number of rotatable bonds is 0. The Hall–Kier alpha value is 1.10. The number of hydrogen-bond donors (Lipinski definition) is 0. The van der Waals surface area contributed by atoms with Crippen molar-refractivity contribution in [2.45, 2.75) is 0 Å². The fourth-order valence-electron chi connectivity index (χ4n) is 0.220. The van der Waals surface area contributed by atoms with Gasteiger partial charge < -0.3 is 9.80 Å². The van der Waals surface area contributed by atoms with E-state index in [-0.39, 0.29) is 19.5 Å². The summed E-state index contributed by atoms with van der Waals surface area (Å²) in [6, 6.07) is 0. The van der Waals surface area contributed by atoms with E-state index >= 15 is 0 Å². The van der Waals surface area contributed by atoms with Crippen molar-refractivity contribution >= 4 is 54.7 Å². The summed E-state index contributed by atoms with van der Waals surface area (Å²) in [4.78, 5) is 3.79. The third-order valence-electron chi connectivity index (χ3n) is 0.915.